The Bertz CT molecular complexity index is 208. The van der Waals surface area contributed by atoms with Crippen molar-refractivity contribution in [3.05, 3.63) is 0 Å². The molecule has 0 aromatic rings. The largest absolute Gasteiger partial charge is 0.357 e. The first-order valence-corrected chi connectivity index (χ1v) is 5.77. The Labute approximate surface area is 78.6 Å². The van der Waals surface area contributed by atoms with E-state index in [0.29, 0.717) is 0 Å². The molecule has 2 unspecified atom stereocenters. The molecule has 2 atom stereocenters. The van der Waals surface area contributed by atoms with Crippen molar-refractivity contribution in [1.29, 1.82) is 0 Å². The Morgan fingerprint density at radius 2 is 2.25 bits per heavy atom. The van der Waals surface area contributed by atoms with Crippen molar-refractivity contribution >= 4 is 33.4 Å². The summed E-state index contributed by atoms with van der Waals surface area (Å²) in [4.78, 5) is 22.2. The number of nitrogens with one attached hydrogen (secondary N) is 2. The van der Waals surface area contributed by atoms with Crippen molar-refractivity contribution in [3.8, 4) is 0 Å². The van der Waals surface area contributed by atoms with Crippen molar-refractivity contribution in [3.63, 3.8) is 0 Å². The minimum Gasteiger partial charge on any atom is -0.357 e. The van der Waals surface area contributed by atoms with E-state index in [2.05, 4.69) is 10.6 Å². The van der Waals surface area contributed by atoms with E-state index in [4.69, 9.17) is 0 Å². The Hall–Kier alpha value is -0.360. The first-order valence-electron chi connectivity index (χ1n) is 3.49. The van der Waals surface area contributed by atoms with Crippen LogP contribution in [0.5, 0.6) is 0 Å². The van der Waals surface area contributed by atoms with Crippen LogP contribution in [-0.2, 0) is 9.59 Å². The highest BCUT2D eigenvalue weighted by atomic mass is 33.1. The fourth-order valence-electron chi connectivity index (χ4n) is 0.694. The zero-order valence-corrected chi connectivity index (χ0v) is 8.42. The van der Waals surface area contributed by atoms with E-state index in [1.54, 1.807) is 7.05 Å². The van der Waals surface area contributed by atoms with E-state index >= 15 is 0 Å². The van der Waals surface area contributed by atoms with Gasteiger partial charge in [-0.05, 0) is 6.92 Å². The SMILES string of the molecule is CNC(=O)C1NC(=O)C(C)SS1. The average Bonchev–Trinajstić information content (AvgIpc) is 2.08. The fourth-order valence-corrected chi connectivity index (χ4v) is 3.00. The molecule has 0 radical (unpaired) electrons. The van der Waals surface area contributed by atoms with Crippen LogP contribution in [0.3, 0.4) is 0 Å². The van der Waals surface area contributed by atoms with Gasteiger partial charge in [0.05, 0.1) is 5.25 Å². The molecule has 68 valence electrons. The zero-order valence-electron chi connectivity index (χ0n) is 6.79. The maximum absolute atomic E-state index is 11.1. The lowest BCUT2D eigenvalue weighted by molar-refractivity contribution is -0.126. The summed E-state index contributed by atoms with van der Waals surface area (Å²) in [5.41, 5.74) is 0. The highest BCUT2D eigenvalue weighted by Gasteiger charge is 2.29. The van der Waals surface area contributed by atoms with Crippen molar-refractivity contribution < 1.29 is 9.59 Å². The van der Waals surface area contributed by atoms with Gasteiger partial charge in [-0.1, -0.05) is 21.6 Å². The average molecular weight is 206 g/mol. The molecule has 0 aromatic carbocycles. The smallest absolute Gasteiger partial charge is 0.253 e. The molecule has 4 nitrogen and oxygen atoms in total. The third-order valence-electron chi connectivity index (χ3n) is 1.42. The van der Waals surface area contributed by atoms with Gasteiger partial charge in [-0.3, -0.25) is 9.59 Å². The molecule has 1 fully saturated rings. The Balaban J connectivity index is 2.51. The third kappa shape index (κ3) is 2.07. The number of hydrogen-bond donors (Lipinski definition) is 2. The van der Waals surface area contributed by atoms with Crippen molar-refractivity contribution in [2.45, 2.75) is 17.5 Å². The second-order valence-electron chi connectivity index (χ2n) is 2.34. The van der Waals surface area contributed by atoms with Gasteiger partial charge in [-0.15, -0.1) is 0 Å². The first-order chi connectivity index (χ1) is 5.65. The van der Waals surface area contributed by atoms with Gasteiger partial charge in [-0.25, -0.2) is 0 Å². The topological polar surface area (TPSA) is 58.2 Å². The highest BCUT2D eigenvalue weighted by molar-refractivity contribution is 8.77. The van der Waals surface area contributed by atoms with Crippen molar-refractivity contribution in [2.75, 3.05) is 7.05 Å². The summed E-state index contributed by atoms with van der Waals surface area (Å²) in [5.74, 6) is -0.236. The summed E-state index contributed by atoms with van der Waals surface area (Å²) in [6.45, 7) is 1.81. The maximum Gasteiger partial charge on any atom is 0.253 e. The van der Waals surface area contributed by atoms with Gasteiger partial charge < -0.3 is 10.6 Å². The molecule has 2 N–H and O–H groups in total. The molecule has 0 bridgehead atoms. The second-order valence-corrected chi connectivity index (χ2v) is 5.06. The normalized spacial score (nSPS) is 29.3. The minimum atomic E-state index is -0.441. The molecule has 0 aliphatic carbocycles. The van der Waals surface area contributed by atoms with E-state index in [-0.39, 0.29) is 17.1 Å². The van der Waals surface area contributed by atoms with Crippen LogP contribution in [0.15, 0.2) is 0 Å². The van der Waals surface area contributed by atoms with Gasteiger partial charge >= 0.3 is 0 Å². The van der Waals surface area contributed by atoms with Crippen LogP contribution in [0.1, 0.15) is 6.92 Å². The van der Waals surface area contributed by atoms with Gasteiger partial charge in [0.2, 0.25) is 5.91 Å². The molecule has 6 heteroatoms. The summed E-state index contributed by atoms with van der Waals surface area (Å²) in [5, 5.41) is 4.58. The first kappa shape index (κ1) is 9.73. The number of carbonyl (C=O) groups is 2. The lowest BCUT2D eigenvalue weighted by Gasteiger charge is -2.24. The molecule has 0 spiro atoms. The van der Waals surface area contributed by atoms with Crippen LogP contribution < -0.4 is 10.6 Å². The molecule has 1 saturated heterocycles. The predicted molar refractivity (Wildman–Crippen MR) is 50.6 cm³/mol. The molecule has 1 rings (SSSR count). The molecule has 1 aliphatic rings. The Kier molecular flexibility index (Phi) is 3.28. The Morgan fingerprint density at radius 3 is 2.75 bits per heavy atom. The summed E-state index contributed by atoms with van der Waals surface area (Å²) in [6, 6.07) is 0. The molecule has 12 heavy (non-hydrogen) atoms. The van der Waals surface area contributed by atoms with Gasteiger partial charge in [0, 0.05) is 7.05 Å². The molecule has 1 aliphatic heterocycles. The summed E-state index contributed by atoms with van der Waals surface area (Å²) in [6.07, 6.45) is 0. The minimum absolute atomic E-state index is 0.0732. The summed E-state index contributed by atoms with van der Waals surface area (Å²) >= 11 is 0. The lowest BCUT2D eigenvalue weighted by atomic mass is 10.4. The van der Waals surface area contributed by atoms with Crippen LogP contribution in [0.25, 0.3) is 0 Å². The van der Waals surface area contributed by atoms with Gasteiger partial charge in [0.1, 0.15) is 0 Å². The van der Waals surface area contributed by atoms with Crippen LogP contribution in [0.2, 0.25) is 0 Å². The van der Waals surface area contributed by atoms with E-state index in [9.17, 15) is 9.59 Å². The number of carbonyl (C=O) groups excluding carboxylic acids is 2. The molecule has 2 amide bonds. The maximum atomic E-state index is 11.1. The van der Waals surface area contributed by atoms with Crippen LogP contribution in [0, 0.1) is 0 Å². The number of hydrogen-bond acceptors (Lipinski definition) is 4. The highest BCUT2D eigenvalue weighted by Crippen LogP contribution is 2.33. The summed E-state index contributed by atoms with van der Waals surface area (Å²) < 4.78 is 0. The van der Waals surface area contributed by atoms with E-state index in [0.717, 1.165) is 0 Å². The predicted octanol–water partition coefficient (Wildman–Crippen LogP) is -0.0418. The molecule has 1 heterocycles. The van der Waals surface area contributed by atoms with Crippen molar-refractivity contribution in [1.82, 2.24) is 10.6 Å². The van der Waals surface area contributed by atoms with Gasteiger partial charge in [0.15, 0.2) is 5.37 Å². The quantitative estimate of drug-likeness (QED) is 0.591. The Morgan fingerprint density at radius 1 is 1.58 bits per heavy atom. The molecule has 0 saturated carbocycles. The molecule has 0 aromatic heterocycles. The zero-order chi connectivity index (χ0) is 9.14. The number of amides is 2. The monoisotopic (exact) mass is 206 g/mol. The van der Waals surface area contributed by atoms with Gasteiger partial charge in [0.25, 0.3) is 5.91 Å². The number of likely N-dealkylation sites (N-methyl/N-ethyl adjacent to an activating group) is 1. The van der Waals surface area contributed by atoms with Crippen molar-refractivity contribution in [2.24, 2.45) is 0 Å². The second kappa shape index (κ2) is 4.04. The fraction of sp³-hybridized carbons (Fsp3) is 0.667. The lowest BCUT2D eigenvalue weighted by Crippen LogP contribution is -2.48. The summed E-state index contributed by atoms with van der Waals surface area (Å²) in [7, 11) is 4.36. The molecular weight excluding hydrogens is 196 g/mol. The van der Waals surface area contributed by atoms with Gasteiger partial charge in [-0.2, -0.15) is 0 Å². The standard InChI is InChI=1S/C6H10N2O2S2/c1-3-4(9)8-6(12-11-3)5(10)7-2/h3,6H,1-2H3,(H,7,10)(H,8,9). The van der Waals surface area contributed by atoms with E-state index < -0.39 is 5.37 Å². The van der Waals surface area contributed by atoms with E-state index in [1.165, 1.54) is 21.6 Å². The number of rotatable bonds is 1. The van der Waals surface area contributed by atoms with E-state index in [1.807, 2.05) is 6.92 Å². The third-order valence-corrected chi connectivity index (χ3v) is 4.34. The molecular formula is C6H10N2O2S2. The van der Waals surface area contributed by atoms with Crippen LogP contribution in [-0.4, -0.2) is 29.5 Å². The van der Waals surface area contributed by atoms with Crippen LogP contribution in [0.4, 0.5) is 0 Å². The van der Waals surface area contributed by atoms with Crippen LogP contribution >= 0.6 is 21.6 Å².